The van der Waals surface area contributed by atoms with Crippen molar-refractivity contribution >= 4 is 12.0 Å². The predicted molar refractivity (Wildman–Crippen MR) is 51.1 cm³/mol. The van der Waals surface area contributed by atoms with Crippen LogP contribution in [0.2, 0.25) is 0 Å². The highest BCUT2D eigenvalue weighted by Crippen LogP contribution is 2.09. The van der Waals surface area contributed by atoms with Crippen LogP contribution in [0.15, 0.2) is 30.3 Å². The van der Waals surface area contributed by atoms with Crippen LogP contribution in [-0.4, -0.2) is 17.6 Å². The van der Waals surface area contributed by atoms with Gasteiger partial charge in [0.05, 0.1) is 6.61 Å². The van der Waals surface area contributed by atoms with Crippen LogP contribution in [0.4, 0.5) is 0 Å². The third-order valence-electron chi connectivity index (χ3n) is 1.63. The van der Waals surface area contributed by atoms with Gasteiger partial charge in [-0.1, -0.05) is 30.4 Å². The van der Waals surface area contributed by atoms with Crippen LogP contribution in [0.1, 0.15) is 15.9 Å². The number of aliphatic hydroxyl groups is 1. The van der Waals surface area contributed by atoms with Gasteiger partial charge in [0.25, 0.3) is 0 Å². The quantitative estimate of drug-likeness (QED) is 0.717. The van der Waals surface area contributed by atoms with E-state index in [1.807, 2.05) is 6.07 Å². The number of benzene rings is 1. The largest absolute Gasteiger partial charge is 0.392 e. The Bertz CT molecular complexity index is 331. The van der Waals surface area contributed by atoms with Gasteiger partial charge in [-0.3, -0.25) is 4.79 Å². The number of carbonyl (C=O) groups is 1. The van der Waals surface area contributed by atoms with Gasteiger partial charge in [0, 0.05) is 5.56 Å². The smallest absolute Gasteiger partial charge is 0.249 e. The molecule has 0 saturated carbocycles. The lowest BCUT2D eigenvalue weighted by Gasteiger charge is -1.99. The first-order valence-electron chi connectivity index (χ1n) is 3.92. The second-order valence-corrected chi connectivity index (χ2v) is 2.54. The molecule has 0 saturated heterocycles. The Hall–Kier alpha value is -1.61. The molecule has 3 heteroatoms. The maximum absolute atomic E-state index is 10.9. The summed E-state index contributed by atoms with van der Waals surface area (Å²) < 4.78 is 0. The number of hydrogen-bond acceptors (Lipinski definition) is 2. The fourth-order valence-corrected chi connectivity index (χ4v) is 1.05. The molecule has 0 spiro atoms. The van der Waals surface area contributed by atoms with Crippen LogP contribution in [0.25, 0.3) is 6.08 Å². The van der Waals surface area contributed by atoms with Crippen molar-refractivity contribution in [1.82, 2.24) is 0 Å². The zero-order chi connectivity index (χ0) is 9.68. The van der Waals surface area contributed by atoms with Gasteiger partial charge in [-0.15, -0.1) is 0 Å². The first-order valence-corrected chi connectivity index (χ1v) is 3.92. The third kappa shape index (κ3) is 2.42. The van der Waals surface area contributed by atoms with Gasteiger partial charge < -0.3 is 10.8 Å². The summed E-state index contributed by atoms with van der Waals surface area (Å²) >= 11 is 0. The van der Waals surface area contributed by atoms with Crippen molar-refractivity contribution in [2.45, 2.75) is 0 Å². The van der Waals surface area contributed by atoms with Gasteiger partial charge in [-0.05, 0) is 11.6 Å². The molecule has 1 rings (SSSR count). The number of primary amides is 1. The second-order valence-electron chi connectivity index (χ2n) is 2.54. The summed E-state index contributed by atoms with van der Waals surface area (Å²) in [6.45, 7) is -0.0485. The topological polar surface area (TPSA) is 63.3 Å². The molecule has 1 aromatic carbocycles. The Morgan fingerprint density at radius 3 is 2.77 bits per heavy atom. The molecule has 0 fully saturated rings. The maximum Gasteiger partial charge on any atom is 0.249 e. The van der Waals surface area contributed by atoms with Crippen LogP contribution < -0.4 is 5.73 Å². The molecular formula is C10H11NO2. The molecule has 1 amide bonds. The van der Waals surface area contributed by atoms with E-state index in [4.69, 9.17) is 10.8 Å². The van der Waals surface area contributed by atoms with E-state index in [1.54, 1.807) is 30.4 Å². The molecule has 0 aliphatic heterocycles. The van der Waals surface area contributed by atoms with Crippen LogP contribution in [0, 0.1) is 0 Å². The number of nitrogens with two attached hydrogens (primary N) is 1. The maximum atomic E-state index is 10.9. The predicted octanol–water partition coefficient (Wildman–Crippen LogP) is 0.791. The van der Waals surface area contributed by atoms with Crippen LogP contribution in [-0.2, 0) is 0 Å². The molecule has 0 radical (unpaired) electrons. The fourth-order valence-electron chi connectivity index (χ4n) is 1.05. The molecule has 0 bridgehead atoms. The molecule has 0 atom stereocenters. The van der Waals surface area contributed by atoms with Crippen molar-refractivity contribution in [2.75, 3.05) is 6.61 Å². The molecule has 0 unspecified atom stereocenters. The van der Waals surface area contributed by atoms with Crippen molar-refractivity contribution in [1.29, 1.82) is 0 Å². The van der Waals surface area contributed by atoms with Crippen LogP contribution in [0.5, 0.6) is 0 Å². The van der Waals surface area contributed by atoms with Crippen LogP contribution in [0.3, 0.4) is 0 Å². The SMILES string of the molecule is NC(=O)c1ccccc1C=CCO. The second kappa shape index (κ2) is 4.42. The normalized spacial score (nSPS) is 10.5. The monoisotopic (exact) mass is 177 g/mol. The van der Waals surface area contributed by atoms with E-state index >= 15 is 0 Å². The third-order valence-corrected chi connectivity index (χ3v) is 1.63. The lowest BCUT2D eigenvalue weighted by molar-refractivity contribution is 0.1000. The zero-order valence-corrected chi connectivity index (χ0v) is 7.10. The zero-order valence-electron chi connectivity index (χ0n) is 7.10. The fraction of sp³-hybridized carbons (Fsp3) is 0.100. The minimum absolute atomic E-state index is 0.0485. The molecule has 3 nitrogen and oxygen atoms in total. The Labute approximate surface area is 76.5 Å². The Balaban J connectivity index is 3.05. The number of hydrogen-bond donors (Lipinski definition) is 2. The molecule has 1 aromatic rings. The summed E-state index contributed by atoms with van der Waals surface area (Å²) in [5.74, 6) is -0.460. The first-order chi connectivity index (χ1) is 6.25. The average molecular weight is 177 g/mol. The van der Waals surface area contributed by atoms with E-state index in [0.29, 0.717) is 5.56 Å². The Morgan fingerprint density at radius 2 is 2.15 bits per heavy atom. The summed E-state index contributed by atoms with van der Waals surface area (Å²) in [7, 11) is 0. The summed E-state index contributed by atoms with van der Waals surface area (Å²) in [6, 6.07) is 6.98. The van der Waals surface area contributed by atoms with Gasteiger partial charge in [0.15, 0.2) is 0 Å². The molecule has 0 aliphatic carbocycles. The van der Waals surface area contributed by atoms with E-state index in [0.717, 1.165) is 5.56 Å². The summed E-state index contributed by atoms with van der Waals surface area (Å²) in [5, 5.41) is 8.55. The number of rotatable bonds is 3. The number of carbonyl (C=O) groups excluding carboxylic acids is 1. The molecule has 68 valence electrons. The van der Waals surface area contributed by atoms with Crippen LogP contribution >= 0.6 is 0 Å². The van der Waals surface area contributed by atoms with Crippen molar-refractivity contribution in [2.24, 2.45) is 5.73 Å². The molecule has 0 aromatic heterocycles. The van der Waals surface area contributed by atoms with E-state index in [9.17, 15) is 4.79 Å². The Morgan fingerprint density at radius 1 is 1.46 bits per heavy atom. The molecule has 13 heavy (non-hydrogen) atoms. The average Bonchev–Trinajstić information content (AvgIpc) is 2.15. The van der Waals surface area contributed by atoms with Crippen molar-refractivity contribution in [3.05, 3.63) is 41.5 Å². The van der Waals surface area contributed by atoms with Gasteiger partial charge in [0.2, 0.25) is 5.91 Å². The highest BCUT2D eigenvalue weighted by atomic mass is 16.2. The number of amides is 1. The summed E-state index contributed by atoms with van der Waals surface area (Å²) in [5.41, 5.74) is 6.34. The highest BCUT2D eigenvalue weighted by Gasteiger charge is 2.02. The number of aliphatic hydroxyl groups excluding tert-OH is 1. The molecule has 0 aliphatic rings. The molecule has 0 heterocycles. The van der Waals surface area contributed by atoms with E-state index in [1.165, 1.54) is 0 Å². The summed E-state index contributed by atoms with van der Waals surface area (Å²) in [6.07, 6.45) is 3.22. The molecular weight excluding hydrogens is 166 g/mol. The van der Waals surface area contributed by atoms with Crippen molar-refractivity contribution in [3.8, 4) is 0 Å². The van der Waals surface area contributed by atoms with Crippen molar-refractivity contribution in [3.63, 3.8) is 0 Å². The van der Waals surface area contributed by atoms with Gasteiger partial charge in [-0.2, -0.15) is 0 Å². The van der Waals surface area contributed by atoms with Gasteiger partial charge >= 0.3 is 0 Å². The van der Waals surface area contributed by atoms with Gasteiger partial charge in [0.1, 0.15) is 0 Å². The van der Waals surface area contributed by atoms with Crippen molar-refractivity contribution < 1.29 is 9.90 Å². The highest BCUT2D eigenvalue weighted by molar-refractivity contribution is 5.96. The Kier molecular flexibility index (Phi) is 3.23. The molecule has 3 N–H and O–H groups in total. The van der Waals surface area contributed by atoms with E-state index in [2.05, 4.69) is 0 Å². The minimum atomic E-state index is -0.460. The van der Waals surface area contributed by atoms with E-state index in [-0.39, 0.29) is 6.61 Å². The minimum Gasteiger partial charge on any atom is -0.392 e. The lowest BCUT2D eigenvalue weighted by atomic mass is 10.1. The van der Waals surface area contributed by atoms with Gasteiger partial charge in [-0.25, -0.2) is 0 Å². The standard InChI is InChI=1S/C10H11NO2/c11-10(13)9-6-2-1-4-8(9)5-3-7-12/h1-6,12H,7H2,(H2,11,13). The summed E-state index contributed by atoms with van der Waals surface area (Å²) in [4.78, 5) is 10.9. The first kappa shape index (κ1) is 9.48. The van der Waals surface area contributed by atoms with E-state index < -0.39 is 5.91 Å². The lowest BCUT2D eigenvalue weighted by Crippen LogP contribution is -2.12.